The molecule has 4 heteroatoms. The molecule has 1 N–H and O–H groups in total. The van der Waals surface area contributed by atoms with Gasteiger partial charge in [0.05, 0.1) is 11.6 Å². The number of nitrogens with zero attached hydrogens (tertiary/aromatic N) is 3. The Morgan fingerprint density at radius 3 is 2.76 bits per heavy atom. The lowest BCUT2D eigenvalue weighted by atomic mass is 10.1. The Hall–Kier alpha value is -1.41. The van der Waals surface area contributed by atoms with Crippen LogP contribution in [0.5, 0.6) is 0 Å². The number of piperazine rings is 1. The van der Waals surface area contributed by atoms with Gasteiger partial charge in [-0.3, -0.25) is 0 Å². The number of nitriles is 1. The third-order valence-corrected chi connectivity index (χ3v) is 4.21. The van der Waals surface area contributed by atoms with Crippen molar-refractivity contribution in [3.05, 3.63) is 35.4 Å². The maximum atomic E-state index is 8.94. The van der Waals surface area contributed by atoms with Crippen LogP contribution in [0.15, 0.2) is 24.3 Å². The van der Waals surface area contributed by atoms with Crippen LogP contribution in [0, 0.1) is 11.3 Å². The number of rotatable bonds is 6. The summed E-state index contributed by atoms with van der Waals surface area (Å²) in [5, 5.41) is 12.5. The minimum absolute atomic E-state index is 0.297. The highest BCUT2D eigenvalue weighted by atomic mass is 15.2. The largest absolute Gasteiger partial charge is 0.310 e. The highest BCUT2D eigenvalue weighted by molar-refractivity contribution is 5.33. The third kappa shape index (κ3) is 5.13. The van der Waals surface area contributed by atoms with Crippen LogP contribution >= 0.6 is 0 Å². The molecule has 0 aliphatic carbocycles. The van der Waals surface area contributed by atoms with Crippen LogP contribution in [-0.2, 0) is 0 Å². The molecule has 0 saturated carbocycles. The number of benzene rings is 1. The summed E-state index contributed by atoms with van der Waals surface area (Å²) < 4.78 is 0. The molecule has 1 aromatic carbocycles. The van der Waals surface area contributed by atoms with Crippen molar-refractivity contribution < 1.29 is 0 Å². The fourth-order valence-electron chi connectivity index (χ4n) is 2.69. The first-order valence-corrected chi connectivity index (χ1v) is 7.83. The highest BCUT2D eigenvalue weighted by Crippen LogP contribution is 2.13. The van der Waals surface area contributed by atoms with Crippen LogP contribution in [0.4, 0.5) is 0 Å². The standard InChI is InChI=1S/C17H26N4/c1-15(17-6-3-5-16(13-17)14-18)19-7-4-8-21-11-9-20(2)10-12-21/h3,5-6,13,15,19H,4,7-12H2,1-2H3. The first-order chi connectivity index (χ1) is 10.2. The van der Waals surface area contributed by atoms with Crippen molar-refractivity contribution in [2.45, 2.75) is 19.4 Å². The van der Waals surface area contributed by atoms with Gasteiger partial charge in [-0.1, -0.05) is 12.1 Å². The van der Waals surface area contributed by atoms with Crippen molar-refractivity contribution in [1.82, 2.24) is 15.1 Å². The zero-order valence-corrected chi connectivity index (χ0v) is 13.2. The summed E-state index contributed by atoms with van der Waals surface area (Å²) in [5.41, 5.74) is 1.92. The number of hydrogen-bond acceptors (Lipinski definition) is 4. The van der Waals surface area contributed by atoms with Crippen molar-refractivity contribution in [2.24, 2.45) is 0 Å². The van der Waals surface area contributed by atoms with E-state index in [1.165, 1.54) is 44.7 Å². The lowest BCUT2D eigenvalue weighted by Crippen LogP contribution is -2.45. The number of likely N-dealkylation sites (N-methyl/N-ethyl adjacent to an activating group) is 1. The van der Waals surface area contributed by atoms with E-state index in [2.05, 4.69) is 41.2 Å². The van der Waals surface area contributed by atoms with E-state index in [0.717, 1.165) is 12.1 Å². The predicted molar refractivity (Wildman–Crippen MR) is 86.1 cm³/mol. The van der Waals surface area contributed by atoms with Gasteiger partial charge in [0, 0.05) is 32.2 Å². The summed E-state index contributed by atoms with van der Waals surface area (Å²) in [7, 11) is 2.19. The van der Waals surface area contributed by atoms with Gasteiger partial charge in [-0.25, -0.2) is 0 Å². The molecule has 1 aromatic rings. The monoisotopic (exact) mass is 286 g/mol. The van der Waals surface area contributed by atoms with E-state index in [-0.39, 0.29) is 0 Å². The molecule has 1 atom stereocenters. The second kappa shape index (κ2) is 8.14. The molecule has 0 spiro atoms. The summed E-state index contributed by atoms with van der Waals surface area (Å²) in [6.45, 7) is 9.10. The molecule has 4 nitrogen and oxygen atoms in total. The van der Waals surface area contributed by atoms with E-state index in [9.17, 15) is 0 Å². The van der Waals surface area contributed by atoms with Crippen molar-refractivity contribution >= 4 is 0 Å². The summed E-state index contributed by atoms with van der Waals surface area (Å²) in [6.07, 6.45) is 1.17. The van der Waals surface area contributed by atoms with Crippen molar-refractivity contribution in [3.63, 3.8) is 0 Å². The predicted octanol–water partition coefficient (Wildman–Crippen LogP) is 1.85. The van der Waals surface area contributed by atoms with Gasteiger partial charge >= 0.3 is 0 Å². The molecule has 0 amide bonds. The third-order valence-electron chi connectivity index (χ3n) is 4.21. The maximum absolute atomic E-state index is 8.94. The van der Waals surface area contributed by atoms with Crippen molar-refractivity contribution in [3.8, 4) is 6.07 Å². The van der Waals surface area contributed by atoms with E-state index in [4.69, 9.17) is 5.26 Å². The number of nitrogens with one attached hydrogen (secondary N) is 1. The van der Waals surface area contributed by atoms with E-state index >= 15 is 0 Å². The van der Waals surface area contributed by atoms with Crippen LogP contribution in [0.1, 0.15) is 30.5 Å². The fraction of sp³-hybridized carbons (Fsp3) is 0.588. The zero-order chi connectivity index (χ0) is 15.1. The number of hydrogen-bond donors (Lipinski definition) is 1. The van der Waals surface area contributed by atoms with Gasteiger partial charge in [0.1, 0.15) is 0 Å². The molecule has 1 heterocycles. The first-order valence-electron chi connectivity index (χ1n) is 7.83. The van der Waals surface area contributed by atoms with Gasteiger partial charge in [0.25, 0.3) is 0 Å². The lowest BCUT2D eigenvalue weighted by Gasteiger charge is -2.32. The average Bonchev–Trinajstić information content (AvgIpc) is 2.53. The molecule has 0 bridgehead atoms. The molecule has 0 aromatic heterocycles. The van der Waals surface area contributed by atoms with Gasteiger partial charge in [0.2, 0.25) is 0 Å². The summed E-state index contributed by atoms with van der Waals surface area (Å²) in [5.74, 6) is 0. The molecule has 1 aliphatic rings. The molecule has 1 fully saturated rings. The molecular weight excluding hydrogens is 260 g/mol. The normalized spacial score (nSPS) is 18.3. The molecule has 1 saturated heterocycles. The minimum atomic E-state index is 0.297. The van der Waals surface area contributed by atoms with Gasteiger partial charge < -0.3 is 15.1 Å². The molecule has 0 radical (unpaired) electrons. The van der Waals surface area contributed by atoms with Crippen LogP contribution in [0.25, 0.3) is 0 Å². The van der Waals surface area contributed by atoms with Crippen molar-refractivity contribution in [1.29, 1.82) is 5.26 Å². The molecule has 1 unspecified atom stereocenters. The molecule has 114 valence electrons. The topological polar surface area (TPSA) is 42.3 Å². The SMILES string of the molecule is CC(NCCCN1CCN(C)CC1)c1cccc(C#N)c1. The quantitative estimate of drug-likeness (QED) is 0.810. The van der Waals surface area contributed by atoms with Crippen molar-refractivity contribution in [2.75, 3.05) is 46.3 Å². The Labute approximate surface area is 128 Å². The van der Waals surface area contributed by atoms with Gasteiger partial charge in [-0.15, -0.1) is 0 Å². The average molecular weight is 286 g/mol. The molecule has 21 heavy (non-hydrogen) atoms. The van der Waals surface area contributed by atoms with Crippen LogP contribution in [0.3, 0.4) is 0 Å². The maximum Gasteiger partial charge on any atom is 0.0991 e. The second-order valence-electron chi connectivity index (χ2n) is 5.91. The van der Waals surface area contributed by atoms with Gasteiger partial charge in [-0.05, 0) is 51.2 Å². The van der Waals surface area contributed by atoms with E-state index < -0.39 is 0 Å². The Bertz CT molecular complexity index is 472. The highest BCUT2D eigenvalue weighted by Gasteiger charge is 2.13. The van der Waals surface area contributed by atoms with Gasteiger partial charge in [-0.2, -0.15) is 5.26 Å². The van der Waals surface area contributed by atoms with E-state index in [0.29, 0.717) is 6.04 Å². The Morgan fingerprint density at radius 1 is 1.29 bits per heavy atom. The molecule has 1 aliphatic heterocycles. The fourth-order valence-corrected chi connectivity index (χ4v) is 2.69. The van der Waals surface area contributed by atoms with Gasteiger partial charge in [0.15, 0.2) is 0 Å². The Morgan fingerprint density at radius 2 is 2.05 bits per heavy atom. The zero-order valence-electron chi connectivity index (χ0n) is 13.2. The smallest absolute Gasteiger partial charge is 0.0991 e. The summed E-state index contributed by atoms with van der Waals surface area (Å²) >= 11 is 0. The summed E-state index contributed by atoms with van der Waals surface area (Å²) in [4.78, 5) is 4.93. The minimum Gasteiger partial charge on any atom is -0.310 e. The second-order valence-corrected chi connectivity index (χ2v) is 5.91. The summed E-state index contributed by atoms with van der Waals surface area (Å²) in [6, 6.07) is 10.4. The lowest BCUT2D eigenvalue weighted by molar-refractivity contribution is 0.152. The van der Waals surface area contributed by atoms with Crippen LogP contribution in [-0.4, -0.2) is 56.1 Å². The molecule has 2 rings (SSSR count). The van der Waals surface area contributed by atoms with E-state index in [1.54, 1.807) is 0 Å². The van der Waals surface area contributed by atoms with E-state index in [1.807, 2.05) is 18.2 Å². The molecular formula is C17H26N4. The first kappa shape index (κ1) is 16.0. The van der Waals surface area contributed by atoms with Crippen LogP contribution in [0.2, 0.25) is 0 Å². The Kier molecular flexibility index (Phi) is 6.19. The van der Waals surface area contributed by atoms with Crippen LogP contribution < -0.4 is 5.32 Å². The Balaban J connectivity index is 1.67.